The molecule has 0 saturated heterocycles. The molecule has 11 heavy (non-hydrogen) atoms. The molecule has 1 unspecified atom stereocenters. The Balaban J connectivity index is 2.27. The molecule has 0 N–H and O–H groups in total. The van der Waals surface area contributed by atoms with Crippen LogP contribution in [0.25, 0.3) is 0 Å². The van der Waals surface area contributed by atoms with Crippen molar-refractivity contribution in [2.24, 2.45) is 5.92 Å². The van der Waals surface area contributed by atoms with Crippen LogP contribution in [-0.2, 0) is 0 Å². The third-order valence-corrected chi connectivity index (χ3v) is 2.96. The van der Waals surface area contributed by atoms with E-state index in [4.69, 9.17) is 0 Å². The molecule has 0 aromatic rings. The summed E-state index contributed by atoms with van der Waals surface area (Å²) in [5.41, 5.74) is 3.42. The van der Waals surface area contributed by atoms with Crippen molar-refractivity contribution in [3.05, 3.63) is 23.3 Å². The Morgan fingerprint density at radius 1 is 1.27 bits per heavy atom. The summed E-state index contributed by atoms with van der Waals surface area (Å²) in [6, 6.07) is 0. The molecular formula is C11H16. The monoisotopic (exact) mass is 148 g/mol. The fraction of sp³-hybridized carbons (Fsp3) is 0.636. The van der Waals surface area contributed by atoms with E-state index in [9.17, 15) is 0 Å². The summed E-state index contributed by atoms with van der Waals surface area (Å²) >= 11 is 0. The fourth-order valence-electron chi connectivity index (χ4n) is 2.26. The molecular weight excluding hydrogens is 132 g/mol. The molecule has 0 aliphatic heterocycles. The van der Waals surface area contributed by atoms with Gasteiger partial charge in [-0.3, -0.25) is 0 Å². The molecule has 0 nitrogen and oxygen atoms in total. The highest BCUT2D eigenvalue weighted by Crippen LogP contribution is 2.35. The average molecular weight is 148 g/mol. The maximum atomic E-state index is 2.37. The van der Waals surface area contributed by atoms with Crippen molar-refractivity contribution < 1.29 is 0 Å². The first-order chi connectivity index (χ1) is 5.38. The molecule has 0 spiro atoms. The zero-order valence-corrected chi connectivity index (χ0v) is 7.27. The van der Waals surface area contributed by atoms with Crippen LogP contribution in [0.3, 0.4) is 0 Å². The fourth-order valence-corrected chi connectivity index (χ4v) is 2.26. The number of hydrogen-bond acceptors (Lipinski definition) is 0. The largest absolute Gasteiger partial charge is 0.0837 e. The third kappa shape index (κ3) is 1.26. The summed E-state index contributed by atoms with van der Waals surface area (Å²) in [5, 5.41) is 0. The van der Waals surface area contributed by atoms with E-state index < -0.39 is 0 Å². The quantitative estimate of drug-likeness (QED) is 0.493. The molecule has 2 aliphatic carbocycles. The van der Waals surface area contributed by atoms with Crippen LogP contribution in [-0.4, -0.2) is 0 Å². The van der Waals surface area contributed by atoms with Crippen LogP contribution < -0.4 is 0 Å². The molecule has 0 heterocycles. The minimum Gasteiger partial charge on any atom is -0.0837 e. The van der Waals surface area contributed by atoms with E-state index in [1.54, 1.807) is 11.1 Å². The van der Waals surface area contributed by atoms with E-state index in [0.29, 0.717) is 0 Å². The highest BCUT2D eigenvalue weighted by Gasteiger charge is 2.17. The lowest BCUT2D eigenvalue weighted by Crippen LogP contribution is -2.09. The van der Waals surface area contributed by atoms with E-state index in [2.05, 4.69) is 19.1 Å². The lowest BCUT2D eigenvalue weighted by molar-refractivity contribution is 0.569. The standard InChI is InChI=1S/C11H16/c1-9-5-4-7-10-6-2-3-8-11(9)10/h4,7,9H,2-3,5-6,8H2,1H3. The Hall–Kier alpha value is -0.520. The molecule has 0 amide bonds. The topological polar surface area (TPSA) is 0 Å². The van der Waals surface area contributed by atoms with Gasteiger partial charge < -0.3 is 0 Å². The van der Waals surface area contributed by atoms with Gasteiger partial charge in [-0.2, -0.15) is 0 Å². The van der Waals surface area contributed by atoms with Gasteiger partial charge in [0.1, 0.15) is 0 Å². The highest BCUT2D eigenvalue weighted by atomic mass is 14.2. The minimum absolute atomic E-state index is 0.843. The van der Waals surface area contributed by atoms with Crippen LogP contribution in [0.5, 0.6) is 0 Å². The third-order valence-electron chi connectivity index (χ3n) is 2.96. The summed E-state index contributed by atoms with van der Waals surface area (Å²) in [6.45, 7) is 2.37. The van der Waals surface area contributed by atoms with Gasteiger partial charge in [0.25, 0.3) is 0 Å². The van der Waals surface area contributed by atoms with E-state index in [1.165, 1.54) is 32.1 Å². The first-order valence-corrected chi connectivity index (χ1v) is 4.76. The maximum absolute atomic E-state index is 2.37. The summed E-state index contributed by atoms with van der Waals surface area (Å²) in [7, 11) is 0. The Labute approximate surface area is 69.0 Å². The molecule has 0 saturated carbocycles. The van der Waals surface area contributed by atoms with Crippen molar-refractivity contribution >= 4 is 0 Å². The second-order valence-corrected chi connectivity index (χ2v) is 3.80. The van der Waals surface area contributed by atoms with Crippen molar-refractivity contribution in [1.82, 2.24) is 0 Å². The predicted molar refractivity (Wildman–Crippen MR) is 48.4 cm³/mol. The minimum atomic E-state index is 0.843. The van der Waals surface area contributed by atoms with Crippen LogP contribution >= 0.6 is 0 Å². The zero-order valence-electron chi connectivity index (χ0n) is 7.27. The molecule has 60 valence electrons. The van der Waals surface area contributed by atoms with Gasteiger partial charge in [0.2, 0.25) is 0 Å². The van der Waals surface area contributed by atoms with Gasteiger partial charge in [0.15, 0.2) is 0 Å². The number of hydrogen-bond donors (Lipinski definition) is 0. The van der Waals surface area contributed by atoms with Gasteiger partial charge in [-0.25, -0.2) is 0 Å². The lowest BCUT2D eigenvalue weighted by Gasteiger charge is -2.26. The van der Waals surface area contributed by atoms with Crippen molar-refractivity contribution in [2.75, 3.05) is 0 Å². The van der Waals surface area contributed by atoms with Crippen molar-refractivity contribution in [3.63, 3.8) is 0 Å². The molecule has 0 fully saturated rings. The molecule has 0 radical (unpaired) electrons. The Bertz CT molecular complexity index is 208. The first-order valence-electron chi connectivity index (χ1n) is 4.76. The van der Waals surface area contributed by atoms with Crippen LogP contribution in [0.2, 0.25) is 0 Å². The van der Waals surface area contributed by atoms with Gasteiger partial charge in [0, 0.05) is 0 Å². The Morgan fingerprint density at radius 2 is 2.09 bits per heavy atom. The second kappa shape index (κ2) is 2.84. The van der Waals surface area contributed by atoms with Gasteiger partial charge in [-0.15, -0.1) is 0 Å². The van der Waals surface area contributed by atoms with Gasteiger partial charge in [0.05, 0.1) is 0 Å². The molecule has 1 atom stereocenters. The van der Waals surface area contributed by atoms with Crippen molar-refractivity contribution in [3.8, 4) is 0 Å². The smallest absolute Gasteiger partial charge is 0.0191 e. The molecule has 2 aliphatic rings. The van der Waals surface area contributed by atoms with E-state index in [1.807, 2.05) is 0 Å². The van der Waals surface area contributed by atoms with Gasteiger partial charge in [-0.05, 0) is 43.6 Å². The molecule has 0 bridgehead atoms. The van der Waals surface area contributed by atoms with Gasteiger partial charge in [-0.1, -0.05) is 24.6 Å². The van der Waals surface area contributed by atoms with E-state index >= 15 is 0 Å². The highest BCUT2D eigenvalue weighted by molar-refractivity contribution is 5.32. The Kier molecular flexibility index (Phi) is 1.85. The summed E-state index contributed by atoms with van der Waals surface area (Å²) in [5.74, 6) is 0.843. The normalized spacial score (nSPS) is 30.5. The molecule has 0 heteroatoms. The zero-order chi connectivity index (χ0) is 7.68. The van der Waals surface area contributed by atoms with Crippen LogP contribution in [0, 0.1) is 5.92 Å². The van der Waals surface area contributed by atoms with Gasteiger partial charge >= 0.3 is 0 Å². The summed E-state index contributed by atoms with van der Waals surface area (Å²) in [4.78, 5) is 0. The predicted octanol–water partition coefficient (Wildman–Crippen LogP) is 3.45. The molecule has 0 aromatic heterocycles. The van der Waals surface area contributed by atoms with Crippen molar-refractivity contribution in [2.45, 2.75) is 39.0 Å². The first kappa shape index (κ1) is 7.15. The second-order valence-electron chi connectivity index (χ2n) is 3.80. The summed E-state index contributed by atoms with van der Waals surface area (Å²) in [6.07, 6.45) is 11.5. The summed E-state index contributed by atoms with van der Waals surface area (Å²) < 4.78 is 0. The van der Waals surface area contributed by atoms with Crippen LogP contribution in [0.15, 0.2) is 23.3 Å². The molecule has 0 aromatic carbocycles. The SMILES string of the molecule is CC1CC=CC2=C1CCCC2. The number of allylic oxidation sites excluding steroid dienone is 4. The average Bonchev–Trinajstić information content (AvgIpc) is 2.06. The lowest BCUT2D eigenvalue weighted by atomic mass is 9.80. The van der Waals surface area contributed by atoms with Crippen LogP contribution in [0.4, 0.5) is 0 Å². The van der Waals surface area contributed by atoms with Crippen molar-refractivity contribution in [1.29, 1.82) is 0 Å². The van der Waals surface area contributed by atoms with E-state index in [-0.39, 0.29) is 0 Å². The number of rotatable bonds is 0. The molecule has 2 rings (SSSR count). The maximum Gasteiger partial charge on any atom is -0.0191 e. The Morgan fingerprint density at radius 3 is 2.91 bits per heavy atom. The van der Waals surface area contributed by atoms with E-state index in [0.717, 1.165) is 5.92 Å². The van der Waals surface area contributed by atoms with Crippen LogP contribution in [0.1, 0.15) is 39.0 Å².